The molecule has 30 heavy (non-hydrogen) atoms. The van der Waals surface area contributed by atoms with Gasteiger partial charge in [0.05, 0.1) is 5.56 Å². The van der Waals surface area contributed by atoms with Gasteiger partial charge in [-0.1, -0.05) is 48.0 Å². The maximum absolute atomic E-state index is 13.2. The van der Waals surface area contributed by atoms with Crippen molar-refractivity contribution in [2.75, 3.05) is 5.32 Å². The van der Waals surface area contributed by atoms with E-state index in [1.807, 2.05) is 30.3 Å². The number of hydrogen-bond acceptors (Lipinski definition) is 4. The third-order valence-electron chi connectivity index (χ3n) is 4.45. The maximum Gasteiger partial charge on any atom is 0.329 e. The lowest BCUT2D eigenvalue weighted by atomic mass is 10.0. The van der Waals surface area contributed by atoms with E-state index in [9.17, 15) is 14.4 Å². The minimum absolute atomic E-state index is 0.193. The number of anilines is 1. The van der Waals surface area contributed by atoms with Gasteiger partial charge in [0.1, 0.15) is 12.3 Å². The number of aldehydes is 1. The van der Waals surface area contributed by atoms with E-state index in [1.165, 1.54) is 6.20 Å². The highest BCUT2D eigenvalue weighted by atomic mass is 35.5. The molecule has 0 aliphatic rings. The van der Waals surface area contributed by atoms with Crippen LogP contribution < -0.4 is 5.32 Å². The molecule has 6 nitrogen and oxygen atoms in total. The minimum atomic E-state index is -1.000. The fourth-order valence-electron chi connectivity index (χ4n) is 2.93. The van der Waals surface area contributed by atoms with Gasteiger partial charge in [-0.2, -0.15) is 0 Å². The van der Waals surface area contributed by atoms with Gasteiger partial charge in [-0.3, -0.25) is 9.78 Å². The molecule has 152 valence electrons. The van der Waals surface area contributed by atoms with E-state index < -0.39 is 18.0 Å². The summed E-state index contributed by atoms with van der Waals surface area (Å²) in [5.41, 5.74) is 2.18. The summed E-state index contributed by atoms with van der Waals surface area (Å²) in [5.74, 6) is -0.616. The number of pyridine rings is 1. The van der Waals surface area contributed by atoms with Crippen LogP contribution >= 0.6 is 11.6 Å². The summed E-state index contributed by atoms with van der Waals surface area (Å²) in [5, 5.41) is 3.08. The minimum Gasteiger partial charge on any atom is -0.307 e. The zero-order chi connectivity index (χ0) is 21.5. The van der Waals surface area contributed by atoms with E-state index in [1.54, 1.807) is 43.3 Å². The van der Waals surface area contributed by atoms with Crippen LogP contribution in [0.25, 0.3) is 0 Å². The van der Waals surface area contributed by atoms with Gasteiger partial charge in [-0.05, 0) is 42.8 Å². The largest absolute Gasteiger partial charge is 0.329 e. The van der Waals surface area contributed by atoms with E-state index in [-0.39, 0.29) is 12.0 Å². The molecule has 3 amide bonds. The lowest BCUT2D eigenvalue weighted by molar-refractivity contribution is -0.111. The first kappa shape index (κ1) is 21.2. The molecule has 0 radical (unpaired) electrons. The highest BCUT2D eigenvalue weighted by molar-refractivity contribution is 6.30. The molecule has 0 saturated heterocycles. The Balaban J connectivity index is 1.93. The Morgan fingerprint density at radius 1 is 1.10 bits per heavy atom. The molecule has 0 saturated carbocycles. The van der Waals surface area contributed by atoms with Crippen molar-refractivity contribution in [2.45, 2.75) is 19.4 Å². The molecule has 0 fully saturated rings. The number of aryl methyl sites for hydroxylation is 1. The molecular weight excluding hydrogens is 402 g/mol. The fraction of sp³-hybridized carbons (Fsp3) is 0.130. The van der Waals surface area contributed by atoms with Crippen molar-refractivity contribution in [3.63, 3.8) is 0 Å². The molecule has 2 aromatic carbocycles. The quantitative estimate of drug-likeness (QED) is 0.593. The summed E-state index contributed by atoms with van der Waals surface area (Å²) in [7, 11) is 0. The predicted molar refractivity (Wildman–Crippen MR) is 116 cm³/mol. The van der Waals surface area contributed by atoms with Gasteiger partial charge in [0.2, 0.25) is 0 Å². The Morgan fingerprint density at radius 3 is 2.50 bits per heavy atom. The lowest BCUT2D eigenvalue weighted by Crippen LogP contribution is -2.48. The first-order valence-electron chi connectivity index (χ1n) is 9.30. The van der Waals surface area contributed by atoms with E-state index in [4.69, 9.17) is 11.6 Å². The molecule has 0 bridgehead atoms. The van der Waals surface area contributed by atoms with Gasteiger partial charge in [0, 0.05) is 29.0 Å². The standard InChI is InChI=1S/C23H20ClN3O3/c1-16-10-11-18(14-25-16)22(29)27(21(15-28)12-17-6-3-2-4-7-17)23(30)26-20-9-5-8-19(24)13-20/h2-11,13-15,21H,12H2,1H3,(H,26,30). The molecule has 0 spiro atoms. The van der Waals surface area contributed by atoms with Crippen molar-refractivity contribution in [3.05, 3.63) is 94.8 Å². The smallest absolute Gasteiger partial charge is 0.307 e. The van der Waals surface area contributed by atoms with Crippen molar-refractivity contribution >= 4 is 35.5 Å². The third kappa shape index (κ3) is 5.30. The number of rotatable bonds is 6. The van der Waals surface area contributed by atoms with Crippen LogP contribution in [0.1, 0.15) is 21.6 Å². The topological polar surface area (TPSA) is 79.4 Å². The number of benzene rings is 2. The molecule has 1 heterocycles. The number of urea groups is 1. The average molecular weight is 422 g/mol. The number of nitrogens with zero attached hydrogens (tertiary/aromatic N) is 2. The summed E-state index contributed by atoms with van der Waals surface area (Å²) in [4.78, 5) is 43.2. The lowest BCUT2D eigenvalue weighted by Gasteiger charge is -2.27. The first-order chi connectivity index (χ1) is 14.5. The Bertz CT molecular complexity index is 1040. The van der Waals surface area contributed by atoms with Gasteiger partial charge in [-0.15, -0.1) is 0 Å². The Hall–Kier alpha value is -3.51. The average Bonchev–Trinajstić information content (AvgIpc) is 2.74. The van der Waals surface area contributed by atoms with Crippen LogP contribution in [0.4, 0.5) is 10.5 Å². The number of carbonyl (C=O) groups is 3. The number of hydrogen-bond donors (Lipinski definition) is 1. The van der Waals surface area contributed by atoms with Crippen LogP contribution in [0.2, 0.25) is 5.02 Å². The van der Waals surface area contributed by atoms with E-state index in [0.29, 0.717) is 17.0 Å². The second-order valence-corrected chi connectivity index (χ2v) is 7.13. The van der Waals surface area contributed by atoms with Crippen LogP contribution in [-0.2, 0) is 11.2 Å². The van der Waals surface area contributed by atoms with Gasteiger partial charge >= 0.3 is 6.03 Å². The molecule has 3 aromatic rings. The number of halogens is 1. The Kier molecular flexibility index (Phi) is 6.93. The number of imide groups is 1. The highest BCUT2D eigenvalue weighted by Crippen LogP contribution is 2.18. The molecule has 1 N–H and O–H groups in total. The van der Waals surface area contributed by atoms with Crippen molar-refractivity contribution < 1.29 is 14.4 Å². The van der Waals surface area contributed by atoms with Crippen LogP contribution in [0, 0.1) is 6.92 Å². The zero-order valence-electron chi connectivity index (χ0n) is 16.3. The van der Waals surface area contributed by atoms with Crippen molar-refractivity contribution in [1.82, 2.24) is 9.88 Å². The monoisotopic (exact) mass is 421 g/mol. The number of aromatic nitrogens is 1. The first-order valence-corrected chi connectivity index (χ1v) is 9.67. The molecule has 1 aromatic heterocycles. The summed E-state index contributed by atoms with van der Waals surface area (Å²) < 4.78 is 0. The van der Waals surface area contributed by atoms with Gasteiger partial charge in [-0.25, -0.2) is 9.69 Å². The van der Waals surface area contributed by atoms with E-state index >= 15 is 0 Å². The summed E-state index contributed by atoms with van der Waals surface area (Å²) in [6.45, 7) is 1.79. The van der Waals surface area contributed by atoms with Crippen molar-refractivity contribution in [3.8, 4) is 0 Å². The second kappa shape index (κ2) is 9.80. The summed E-state index contributed by atoms with van der Waals surface area (Å²) in [6.07, 6.45) is 2.18. The van der Waals surface area contributed by atoms with E-state index in [2.05, 4.69) is 10.3 Å². The summed E-state index contributed by atoms with van der Waals surface area (Å²) >= 11 is 5.98. The molecular formula is C23H20ClN3O3. The predicted octanol–water partition coefficient (Wildman–Crippen LogP) is 4.53. The molecule has 3 rings (SSSR count). The molecule has 7 heteroatoms. The summed E-state index contributed by atoms with van der Waals surface area (Å²) in [6, 6.07) is 17.3. The number of nitrogens with one attached hydrogen (secondary N) is 1. The number of amides is 3. The normalized spacial score (nSPS) is 11.4. The molecule has 0 aliphatic carbocycles. The number of carbonyl (C=O) groups excluding carboxylic acids is 3. The van der Waals surface area contributed by atoms with Gasteiger partial charge < -0.3 is 10.1 Å². The third-order valence-corrected chi connectivity index (χ3v) is 4.68. The molecule has 1 atom stereocenters. The van der Waals surface area contributed by atoms with Crippen LogP contribution in [0.15, 0.2) is 72.9 Å². The molecule has 1 unspecified atom stereocenters. The highest BCUT2D eigenvalue weighted by Gasteiger charge is 2.31. The van der Waals surface area contributed by atoms with Crippen molar-refractivity contribution in [2.24, 2.45) is 0 Å². The van der Waals surface area contributed by atoms with Crippen LogP contribution in [0.3, 0.4) is 0 Å². The molecule has 0 aliphatic heterocycles. The van der Waals surface area contributed by atoms with Gasteiger partial charge in [0.15, 0.2) is 0 Å². The Morgan fingerprint density at radius 2 is 1.87 bits per heavy atom. The van der Waals surface area contributed by atoms with Crippen LogP contribution in [-0.4, -0.2) is 34.2 Å². The fourth-order valence-corrected chi connectivity index (χ4v) is 3.12. The van der Waals surface area contributed by atoms with Crippen LogP contribution in [0.5, 0.6) is 0 Å². The Labute approximate surface area is 179 Å². The SMILES string of the molecule is Cc1ccc(C(=O)N(C(=O)Nc2cccc(Cl)c2)C(C=O)Cc2ccccc2)cn1. The van der Waals surface area contributed by atoms with E-state index in [0.717, 1.165) is 16.2 Å². The maximum atomic E-state index is 13.2. The van der Waals surface area contributed by atoms with Gasteiger partial charge in [0.25, 0.3) is 5.91 Å². The zero-order valence-corrected chi connectivity index (χ0v) is 17.0. The van der Waals surface area contributed by atoms with Crippen molar-refractivity contribution in [1.29, 1.82) is 0 Å². The second-order valence-electron chi connectivity index (χ2n) is 6.70.